The Kier molecular flexibility index (Phi) is 5.07. The molecular weight excluding hydrogens is 512 g/mol. The highest BCUT2D eigenvalue weighted by molar-refractivity contribution is 7.27. The molecule has 0 radical (unpaired) electrons. The Morgan fingerprint density at radius 1 is 0.462 bits per heavy atom. The van der Waals surface area contributed by atoms with Crippen LogP contribution in [-0.4, -0.2) is 0 Å². The smallest absolute Gasteiger partial charge is 0.0713 e. The van der Waals surface area contributed by atoms with E-state index in [-0.39, 0.29) is 0 Å². The van der Waals surface area contributed by atoms with Crippen LogP contribution in [0.15, 0.2) is 140 Å². The number of hydrogen-bond donors (Lipinski definition) is 0. The van der Waals surface area contributed by atoms with Crippen LogP contribution in [0.25, 0.3) is 42.4 Å². The largest absolute Gasteiger partial charge is 0.133 e. The number of fused-ring (bicyclic) bond motifs is 6. The second kappa shape index (κ2) is 8.68. The molecule has 184 valence electrons. The van der Waals surface area contributed by atoms with Crippen LogP contribution in [0.1, 0.15) is 22.3 Å². The molecule has 0 unspecified atom stereocenters. The zero-order chi connectivity index (χ0) is 26.0. The number of rotatable bonds is 3. The summed E-state index contributed by atoms with van der Waals surface area (Å²) < 4.78 is 2.43. The van der Waals surface area contributed by atoms with Crippen LogP contribution in [0.4, 0.5) is 0 Å². The van der Waals surface area contributed by atoms with Crippen molar-refractivity contribution < 1.29 is 0 Å². The van der Waals surface area contributed by atoms with Crippen LogP contribution in [-0.2, 0) is 5.41 Å². The predicted molar refractivity (Wildman–Crippen MR) is 167 cm³/mol. The maximum absolute atomic E-state index is 6.64. The number of thiophene rings is 1. The van der Waals surface area contributed by atoms with Gasteiger partial charge in [0, 0.05) is 15.5 Å². The zero-order valence-electron chi connectivity index (χ0n) is 21.1. The molecular formula is C37H23ClS. The standard InChI is InChI=1S/C37H23ClS/c38-34-20-10-18-31-30-17-9-16-27(35(30)39-36(31)34)24-21-22-29-28-15-7-8-19-32(28)37(33(29)23-24,25-11-3-1-4-12-25)26-13-5-2-6-14-26/h1-23H. The van der Waals surface area contributed by atoms with Crippen LogP contribution in [0.2, 0.25) is 5.02 Å². The van der Waals surface area contributed by atoms with Crippen LogP contribution < -0.4 is 0 Å². The average Bonchev–Trinajstić information content (AvgIpc) is 3.53. The molecule has 2 heteroatoms. The summed E-state index contributed by atoms with van der Waals surface area (Å²) in [5.74, 6) is 0. The Morgan fingerprint density at radius 3 is 1.79 bits per heavy atom. The van der Waals surface area contributed by atoms with Crippen molar-refractivity contribution in [1.29, 1.82) is 0 Å². The number of halogens is 1. The highest BCUT2D eigenvalue weighted by atomic mass is 35.5. The molecule has 0 fully saturated rings. The van der Waals surface area contributed by atoms with Crippen molar-refractivity contribution in [2.75, 3.05) is 0 Å². The van der Waals surface area contributed by atoms with Crippen LogP contribution >= 0.6 is 22.9 Å². The minimum absolute atomic E-state index is 0.401. The van der Waals surface area contributed by atoms with E-state index in [4.69, 9.17) is 11.6 Å². The Bertz CT molecular complexity index is 1980. The van der Waals surface area contributed by atoms with Crippen molar-refractivity contribution in [3.05, 3.63) is 167 Å². The second-order valence-corrected chi connectivity index (χ2v) is 11.6. The third kappa shape index (κ3) is 3.18. The van der Waals surface area contributed by atoms with Gasteiger partial charge in [-0.15, -0.1) is 11.3 Å². The molecule has 0 N–H and O–H groups in total. The van der Waals surface area contributed by atoms with Gasteiger partial charge in [-0.2, -0.15) is 0 Å². The second-order valence-electron chi connectivity index (χ2n) is 10.2. The molecule has 0 saturated carbocycles. The summed E-state index contributed by atoms with van der Waals surface area (Å²) in [6.45, 7) is 0. The van der Waals surface area contributed by atoms with E-state index in [0.29, 0.717) is 0 Å². The first-order valence-corrected chi connectivity index (χ1v) is 14.4. The summed E-state index contributed by atoms with van der Waals surface area (Å²) in [6, 6.07) is 50.8. The van der Waals surface area contributed by atoms with Gasteiger partial charge >= 0.3 is 0 Å². The predicted octanol–water partition coefficient (Wildman–Crippen LogP) is 10.7. The molecule has 1 aliphatic rings. The number of benzene rings is 6. The fourth-order valence-electron chi connectivity index (χ4n) is 6.63. The van der Waals surface area contributed by atoms with Crippen LogP contribution in [0.3, 0.4) is 0 Å². The van der Waals surface area contributed by atoms with Gasteiger partial charge in [-0.05, 0) is 56.6 Å². The summed E-state index contributed by atoms with van der Waals surface area (Å²) in [4.78, 5) is 0. The average molecular weight is 535 g/mol. The summed E-state index contributed by atoms with van der Waals surface area (Å²) in [6.07, 6.45) is 0. The third-order valence-electron chi connectivity index (χ3n) is 8.25. The van der Waals surface area contributed by atoms with Gasteiger partial charge in [-0.1, -0.05) is 139 Å². The summed E-state index contributed by atoms with van der Waals surface area (Å²) in [7, 11) is 0. The molecule has 6 aromatic carbocycles. The van der Waals surface area contributed by atoms with Gasteiger partial charge in [0.2, 0.25) is 0 Å². The van der Waals surface area contributed by atoms with E-state index in [9.17, 15) is 0 Å². The van der Waals surface area contributed by atoms with Crippen molar-refractivity contribution in [2.24, 2.45) is 0 Å². The highest BCUT2D eigenvalue weighted by Gasteiger charge is 2.46. The molecule has 0 amide bonds. The first-order valence-electron chi connectivity index (χ1n) is 13.2. The fraction of sp³-hybridized carbons (Fsp3) is 0.0270. The molecule has 0 atom stereocenters. The van der Waals surface area contributed by atoms with Gasteiger partial charge in [-0.3, -0.25) is 0 Å². The third-order valence-corrected chi connectivity index (χ3v) is 9.96. The quantitative estimate of drug-likeness (QED) is 0.211. The molecule has 0 spiro atoms. The van der Waals surface area contributed by atoms with E-state index in [1.54, 1.807) is 11.3 Å². The van der Waals surface area contributed by atoms with Gasteiger partial charge in [-0.25, -0.2) is 0 Å². The van der Waals surface area contributed by atoms with E-state index in [1.165, 1.54) is 60.0 Å². The van der Waals surface area contributed by atoms with Gasteiger partial charge in [0.05, 0.1) is 15.1 Å². The molecule has 1 aliphatic carbocycles. The summed E-state index contributed by atoms with van der Waals surface area (Å²) in [5.41, 5.74) is 9.91. The maximum Gasteiger partial charge on any atom is 0.0713 e. The zero-order valence-corrected chi connectivity index (χ0v) is 22.6. The lowest BCUT2D eigenvalue weighted by atomic mass is 9.67. The highest BCUT2D eigenvalue weighted by Crippen LogP contribution is 2.57. The van der Waals surface area contributed by atoms with Gasteiger partial charge in [0.1, 0.15) is 0 Å². The monoisotopic (exact) mass is 534 g/mol. The maximum atomic E-state index is 6.64. The van der Waals surface area contributed by atoms with E-state index >= 15 is 0 Å². The molecule has 0 nitrogen and oxygen atoms in total. The molecule has 8 rings (SSSR count). The SMILES string of the molecule is Clc1cccc2c1sc1c(-c3ccc4c(c3)C(c3ccccc3)(c3ccccc3)c3ccccc3-4)cccc12. The first-order chi connectivity index (χ1) is 19.3. The topological polar surface area (TPSA) is 0 Å². The van der Waals surface area contributed by atoms with Gasteiger partial charge < -0.3 is 0 Å². The lowest BCUT2D eigenvalue weighted by Crippen LogP contribution is -2.28. The van der Waals surface area contributed by atoms with Crippen LogP contribution in [0.5, 0.6) is 0 Å². The van der Waals surface area contributed by atoms with Crippen molar-refractivity contribution in [1.82, 2.24) is 0 Å². The minimum atomic E-state index is -0.401. The first kappa shape index (κ1) is 22.8. The van der Waals surface area contributed by atoms with E-state index in [2.05, 4.69) is 127 Å². The molecule has 0 bridgehead atoms. The molecule has 1 aromatic heterocycles. The Balaban J connectivity index is 1.46. The number of hydrogen-bond acceptors (Lipinski definition) is 1. The Hall–Kier alpha value is -4.17. The normalized spacial score (nSPS) is 13.5. The molecule has 0 saturated heterocycles. The van der Waals surface area contributed by atoms with E-state index in [0.717, 1.165) is 9.72 Å². The molecule has 0 aliphatic heterocycles. The fourth-order valence-corrected chi connectivity index (χ4v) is 8.16. The summed E-state index contributed by atoms with van der Waals surface area (Å²) in [5, 5.41) is 3.30. The molecule has 39 heavy (non-hydrogen) atoms. The Morgan fingerprint density at radius 2 is 1.05 bits per heavy atom. The van der Waals surface area contributed by atoms with Gasteiger partial charge in [0.15, 0.2) is 0 Å². The van der Waals surface area contributed by atoms with E-state index < -0.39 is 5.41 Å². The lowest BCUT2D eigenvalue weighted by molar-refractivity contribution is 0.769. The van der Waals surface area contributed by atoms with Gasteiger partial charge in [0.25, 0.3) is 0 Å². The van der Waals surface area contributed by atoms with E-state index in [1.807, 2.05) is 12.1 Å². The Labute approximate surface area is 236 Å². The molecule has 7 aromatic rings. The van der Waals surface area contributed by atoms with Crippen molar-refractivity contribution in [3.63, 3.8) is 0 Å². The minimum Gasteiger partial charge on any atom is -0.133 e. The van der Waals surface area contributed by atoms with Crippen molar-refractivity contribution >= 4 is 43.1 Å². The lowest BCUT2D eigenvalue weighted by Gasteiger charge is -2.34. The van der Waals surface area contributed by atoms with Crippen molar-refractivity contribution in [3.8, 4) is 22.3 Å². The van der Waals surface area contributed by atoms with Crippen LogP contribution in [0, 0.1) is 0 Å². The molecule has 1 heterocycles. The van der Waals surface area contributed by atoms with Crippen molar-refractivity contribution in [2.45, 2.75) is 5.41 Å². The summed E-state index contributed by atoms with van der Waals surface area (Å²) >= 11 is 8.43.